The van der Waals surface area contributed by atoms with Gasteiger partial charge < -0.3 is 0 Å². The Bertz CT molecular complexity index is 814. The van der Waals surface area contributed by atoms with Gasteiger partial charge in [0.25, 0.3) is 0 Å². The van der Waals surface area contributed by atoms with Gasteiger partial charge in [-0.2, -0.15) is 4.98 Å². The Balaban J connectivity index is 0.000000580. The maximum Gasteiger partial charge on any atom is 0.233 e. The summed E-state index contributed by atoms with van der Waals surface area (Å²) in [5, 5.41) is 0.0325. The number of anilines is 1. The van der Waals surface area contributed by atoms with Crippen LogP contribution in [0.1, 0.15) is 41.5 Å². The second-order valence-corrected chi connectivity index (χ2v) is 12.7. The summed E-state index contributed by atoms with van der Waals surface area (Å²) >= 11 is 5.67. The minimum Gasteiger partial charge on any atom is -0.253 e. The van der Waals surface area contributed by atoms with Crippen LogP contribution in [-0.4, -0.2) is 52.4 Å². The molecule has 0 fully saturated rings. The summed E-state index contributed by atoms with van der Waals surface area (Å²) in [6.07, 6.45) is 3.75. The van der Waals surface area contributed by atoms with Gasteiger partial charge in [0.2, 0.25) is 25.3 Å². The highest BCUT2D eigenvalue weighted by molar-refractivity contribution is 7.92. The summed E-state index contributed by atoms with van der Waals surface area (Å²) in [6.45, 7) is 12.6. The summed E-state index contributed by atoms with van der Waals surface area (Å²) < 4.78 is 48.3. The third kappa shape index (κ3) is 13.8. The molecule has 1 aromatic heterocycles. The van der Waals surface area contributed by atoms with Crippen molar-refractivity contribution in [1.82, 2.24) is 14.7 Å². The normalized spacial score (nSPS) is 12.9. The van der Waals surface area contributed by atoms with Crippen molar-refractivity contribution < 1.29 is 16.8 Å². The third-order valence-electron chi connectivity index (χ3n) is 2.75. The van der Waals surface area contributed by atoms with Crippen LogP contribution in [0.15, 0.2) is 12.3 Å². The molecule has 27 heavy (non-hydrogen) atoms. The molecule has 0 aliphatic heterocycles. The molecular weight excluding hydrogens is 412 g/mol. The van der Waals surface area contributed by atoms with Crippen LogP contribution in [0.2, 0.25) is 5.28 Å². The number of aromatic nitrogens is 2. The SMILES string of the molecule is CC(C)(C)CN(c1ccnc(Cl)n1)S(C)(=O)=O.CC(C)(C)CNS(C)(=O)=O. The topological polar surface area (TPSA) is 109 Å². The number of nitrogens with zero attached hydrogens (tertiary/aromatic N) is 3. The number of nitrogens with one attached hydrogen (secondary N) is 1. The van der Waals surface area contributed by atoms with E-state index in [4.69, 9.17) is 11.6 Å². The van der Waals surface area contributed by atoms with Gasteiger partial charge in [0, 0.05) is 25.4 Å². The maximum absolute atomic E-state index is 11.7. The fourth-order valence-electron chi connectivity index (χ4n) is 1.61. The Morgan fingerprint density at radius 2 is 1.56 bits per heavy atom. The molecule has 8 nitrogen and oxygen atoms in total. The molecule has 158 valence electrons. The molecular formula is C16H31ClN4O4S2. The lowest BCUT2D eigenvalue weighted by Gasteiger charge is -2.28. The summed E-state index contributed by atoms with van der Waals surface area (Å²) in [5.74, 6) is 0.294. The highest BCUT2D eigenvalue weighted by Gasteiger charge is 2.25. The van der Waals surface area contributed by atoms with Crippen molar-refractivity contribution >= 4 is 37.5 Å². The molecule has 0 aliphatic rings. The van der Waals surface area contributed by atoms with Gasteiger partial charge in [0.15, 0.2) is 0 Å². The van der Waals surface area contributed by atoms with E-state index in [0.29, 0.717) is 18.9 Å². The summed E-state index contributed by atoms with van der Waals surface area (Å²) in [4.78, 5) is 7.66. The Labute approximate surface area is 168 Å². The van der Waals surface area contributed by atoms with Crippen molar-refractivity contribution in [2.45, 2.75) is 41.5 Å². The average Bonchev–Trinajstić information content (AvgIpc) is 2.40. The van der Waals surface area contributed by atoms with Crippen LogP contribution in [0.5, 0.6) is 0 Å². The predicted molar refractivity (Wildman–Crippen MR) is 111 cm³/mol. The van der Waals surface area contributed by atoms with Gasteiger partial charge in [-0.3, -0.25) is 4.31 Å². The minimum absolute atomic E-state index is 0.0169. The molecule has 0 aliphatic carbocycles. The maximum atomic E-state index is 11.7. The zero-order chi connectivity index (χ0) is 21.7. The summed E-state index contributed by atoms with van der Waals surface area (Å²) in [7, 11) is -6.39. The second-order valence-electron chi connectivity index (χ2n) is 8.67. The van der Waals surface area contributed by atoms with E-state index in [9.17, 15) is 16.8 Å². The second kappa shape index (κ2) is 9.49. The van der Waals surface area contributed by atoms with Gasteiger partial charge in [0.05, 0.1) is 12.5 Å². The smallest absolute Gasteiger partial charge is 0.233 e. The Hall–Kier alpha value is -0.970. The van der Waals surface area contributed by atoms with Crippen LogP contribution >= 0.6 is 11.6 Å². The quantitative estimate of drug-likeness (QED) is 0.701. The average molecular weight is 443 g/mol. The predicted octanol–water partition coefficient (Wildman–Crippen LogP) is 2.52. The molecule has 0 saturated heterocycles. The largest absolute Gasteiger partial charge is 0.253 e. The molecule has 0 saturated carbocycles. The molecule has 0 bridgehead atoms. The van der Waals surface area contributed by atoms with Crippen LogP contribution in [0, 0.1) is 10.8 Å². The third-order valence-corrected chi connectivity index (χ3v) is 4.72. The highest BCUT2D eigenvalue weighted by atomic mass is 35.5. The first-order valence-electron chi connectivity index (χ1n) is 8.21. The lowest BCUT2D eigenvalue weighted by Crippen LogP contribution is -2.37. The molecule has 11 heteroatoms. The first kappa shape index (κ1) is 26.0. The van der Waals surface area contributed by atoms with Crippen LogP contribution in [0.25, 0.3) is 0 Å². The number of hydrogen-bond donors (Lipinski definition) is 1. The van der Waals surface area contributed by atoms with Gasteiger partial charge in [-0.25, -0.2) is 26.5 Å². The number of rotatable bonds is 5. The molecule has 1 rings (SSSR count). The van der Waals surface area contributed by atoms with Gasteiger partial charge in [0.1, 0.15) is 5.82 Å². The van der Waals surface area contributed by atoms with Gasteiger partial charge in [-0.05, 0) is 22.4 Å². The Morgan fingerprint density at radius 1 is 1.04 bits per heavy atom. The van der Waals surface area contributed by atoms with Crippen LogP contribution < -0.4 is 9.03 Å². The standard InChI is InChI=1S/C10H16ClN3O2S.C6H15NO2S/c1-10(2,3)7-14(17(4,15)16)8-5-6-12-9(11)13-8;1-6(2,3)5-7-10(4,8)9/h5-6H,7H2,1-4H3;7H,5H2,1-4H3. The molecule has 0 spiro atoms. The van der Waals surface area contributed by atoms with Gasteiger partial charge in [-0.1, -0.05) is 41.5 Å². The molecule has 0 unspecified atom stereocenters. The molecule has 1 aromatic rings. The molecule has 1 heterocycles. The molecule has 0 atom stereocenters. The van der Waals surface area contributed by atoms with Crippen molar-refractivity contribution in [3.05, 3.63) is 17.5 Å². The molecule has 1 N–H and O–H groups in total. The zero-order valence-electron chi connectivity index (χ0n) is 17.2. The van der Waals surface area contributed by atoms with E-state index >= 15 is 0 Å². The monoisotopic (exact) mass is 442 g/mol. The van der Waals surface area contributed by atoms with Crippen molar-refractivity contribution in [2.75, 3.05) is 29.9 Å². The fourth-order valence-corrected chi connectivity index (χ4v) is 3.51. The van der Waals surface area contributed by atoms with Crippen LogP contribution in [0.3, 0.4) is 0 Å². The van der Waals surface area contributed by atoms with E-state index in [0.717, 1.165) is 6.26 Å². The van der Waals surface area contributed by atoms with E-state index in [1.54, 1.807) is 0 Å². The lowest BCUT2D eigenvalue weighted by atomic mass is 9.97. The lowest BCUT2D eigenvalue weighted by molar-refractivity contribution is 0.408. The van der Waals surface area contributed by atoms with Gasteiger partial charge >= 0.3 is 0 Å². The molecule has 0 amide bonds. The summed E-state index contributed by atoms with van der Waals surface area (Å²) in [5.41, 5.74) is -0.163. The van der Waals surface area contributed by atoms with E-state index in [2.05, 4.69) is 14.7 Å². The van der Waals surface area contributed by atoms with Crippen LogP contribution in [-0.2, 0) is 20.0 Å². The number of hydrogen-bond acceptors (Lipinski definition) is 6. The zero-order valence-corrected chi connectivity index (χ0v) is 19.6. The van der Waals surface area contributed by atoms with E-state index in [-0.39, 0.29) is 16.1 Å². The highest BCUT2D eigenvalue weighted by Crippen LogP contribution is 2.22. The molecule has 0 aromatic carbocycles. The van der Waals surface area contributed by atoms with E-state index < -0.39 is 20.0 Å². The minimum atomic E-state index is -3.38. The first-order valence-corrected chi connectivity index (χ1v) is 12.3. The Kier molecular flexibility index (Phi) is 9.15. The Morgan fingerprint density at radius 3 is 1.85 bits per heavy atom. The van der Waals surface area contributed by atoms with Crippen molar-refractivity contribution in [3.8, 4) is 0 Å². The fraction of sp³-hybridized carbons (Fsp3) is 0.750. The van der Waals surface area contributed by atoms with Crippen molar-refractivity contribution in [3.63, 3.8) is 0 Å². The van der Waals surface area contributed by atoms with Crippen LogP contribution in [0.4, 0.5) is 5.82 Å². The van der Waals surface area contributed by atoms with Crippen molar-refractivity contribution in [1.29, 1.82) is 0 Å². The first-order chi connectivity index (χ1) is 11.8. The molecule has 0 radical (unpaired) electrons. The van der Waals surface area contributed by atoms with Gasteiger partial charge in [-0.15, -0.1) is 0 Å². The van der Waals surface area contributed by atoms with E-state index in [1.807, 2.05) is 41.5 Å². The number of halogens is 1. The van der Waals surface area contributed by atoms with Crippen molar-refractivity contribution in [2.24, 2.45) is 10.8 Å². The summed E-state index contributed by atoms with van der Waals surface area (Å²) in [6, 6.07) is 1.53. The van der Waals surface area contributed by atoms with E-state index in [1.165, 1.54) is 22.8 Å². The number of sulfonamides is 2.